The van der Waals surface area contributed by atoms with Gasteiger partial charge < -0.3 is 18.9 Å². The number of hydrogen-bond donors (Lipinski definition) is 0. The molecule has 0 unspecified atom stereocenters. The Kier molecular flexibility index (Phi) is 6.92. The highest BCUT2D eigenvalue weighted by atomic mass is 16.7. The molecule has 1 saturated heterocycles. The molecule has 1 aliphatic rings. The van der Waals surface area contributed by atoms with Gasteiger partial charge in [-0.3, -0.25) is 9.59 Å². The zero-order valence-corrected chi connectivity index (χ0v) is 14.9. The Hall–Kier alpha value is -1.96. The number of rotatable bonds is 6. The van der Waals surface area contributed by atoms with Crippen molar-refractivity contribution in [2.45, 2.75) is 45.4 Å². The summed E-state index contributed by atoms with van der Waals surface area (Å²) in [5, 5.41) is 0. The van der Waals surface area contributed by atoms with Crippen LogP contribution in [0.5, 0.6) is 0 Å². The Morgan fingerprint density at radius 2 is 1.80 bits per heavy atom. The van der Waals surface area contributed by atoms with Crippen LogP contribution >= 0.6 is 0 Å². The summed E-state index contributed by atoms with van der Waals surface area (Å²) in [7, 11) is 0. The van der Waals surface area contributed by atoms with Gasteiger partial charge in [0.1, 0.15) is 38.5 Å². The maximum absolute atomic E-state index is 12.5. The Labute approximate surface area is 147 Å². The van der Waals surface area contributed by atoms with E-state index in [1.165, 1.54) is 0 Å². The second-order valence-electron chi connectivity index (χ2n) is 6.77. The molecule has 0 amide bonds. The number of benzene rings is 1. The summed E-state index contributed by atoms with van der Waals surface area (Å²) < 4.78 is 21.1. The lowest BCUT2D eigenvalue weighted by molar-refractivity contribution is -0.208. The van der Waals surface area contributed by atoms with Gasteiger partial charge in [-0.15, -0.1) is 0 Å². The van der Waals surface area contributed by atoms with E-state index in [0.29, 0.717) is 0 Å². The fourth-order valence-electron chi connectivity index (χ4n) is 2.27. The quantitative estimate of drug-likeness (QED) is 0.726. The molecular formula is C18H25NO6. The minimum absolute atomic E-state index is 0.130. The van der Waals surface area contributed by atoms with Crippen LogP contribution in [0.4, 0.5) is 0 Å². The summed E-state index contributed by atoms with van der Waals surface area (Å²) in [6, 6.07) is 8.54. The Morgan fingerprint density at radius 3 is 2.40 bits per heavy atom. The number of carbonyl (C=O) groups excluding carboxylic acids is 2. The van der Waals surface area contributed by atoms with Gasteiger partial charge in [0.05, 0.1) is 6.42 Å². The van der Waals surface area contributed by atoms with Crippen molar-refractivity contribution >= 4 is 11.9 Å². The van der Waals surface area contributed by atoms with Gasteiger partial charge in [0.2, 0.25) is 0 Å². The van der Waals surface area contributed by atoms with Crippen LogP contribution in [0.15, 0.2) is 30.3 Å². The van der Waals surface area contributed by atoms with Crippen LogP contribution in [-0.2, 0) is 35.1 Å². The van der Waals surface area contributed by atoms with Crippen LogP contribution in [0, 0.1) is 0 Å². The number of esters is 2. The summed E-state index contributed by atoms with van der Waals surface area (Å²) >= 11 is 0. The highest BCUT2D eigenvalue weighted by Crippen LogP contribution is 2.16. The van der Waals surface area contributed by atoms with Crippen molar-refractivity contribution < 1.29 is 28.5 Å². The largest absolute Gasteiger partial charge is 0.461 e. The standard InChI is InChI=1S/C18H25NO6/c1-18(2,3)25-17(21)15(19-11-22-13-23-12-19)9-16(20)24-10-14-7-5-4-6-8-14/h4-8,15H,9-13H2,1-3H3/t15-/m0/s1. The molecule has 0 spiro atoms. The highest BCUT2D eigenvalue weighted by Gasteiger charge is 2.34. The zero-order valence-electron chi connectivity index (χ0n) is 14.9. The molecule has 0 aromatic heterocycles. The molecule has 25 heavy (non-hydrogen) atoms. The molecule has 0 N–H and O–H groups in total. The average Bonchev–Trinajstić information content (AvgIpc) is 2.58. The van der Waals surface area contributed by atoms with Gasteiger partial charge >= 0.3 is 11.9 Å². The summed E-state index contributed by atoms with van der Waals surface area (Å²) in [6.07, 6.45) is -0.130. The van der Waals surface area contributed by atoms with Crippen molar-refractivity contribution in [2.24, 2.45) is 0 Å². The molecule has 1 aliphatic heterocycles. The molecule has 0 radical (unpaired) electrons. The van der Waals surface area contributed by atoms with Gasteiger partial charge in [0, 0.05) is 0 Å². The Balaban J connectivity index is 1.96. The molecule has 1 aromatic carbocycles. The molecule has 0 aliphatic carbocycles. The fraction of sp³-hybridized carbons (Fsp3) is 0.556. The lowest BCUT2D eigenvalue weighted by atomic mass is 10.1. The van der Waals surface area contributed by atoms with Crippen LogP contribution in [0.3, 0.4) is 0 Å². The lowest BCUT2D eigenvalue weighted by Crippen LogP contribution is -2.49. The molecule has 138 valence electrons. The first-order valence-corrected chi connectivity index (χ1v) is 8.17. The Morgan fingerprint density at radius 1 is 1.16 bits per heavy atom. The number of hydrogen-bond acceptors (Lipinski definition) is 7. The van der Waals surface area contributed by atoms with E-state index < -0.39 is 23.6 Å². The summed E-state index contributed by atoms with van der Waals surface area (Å²) in [6.45, 7) is 6.03. The maximum atomic E-state index is 12.5. The molecule has 2 rings (SSSR count). The van der Waals surface area contributed by atoms with Crippen molar-refractivity contribution in [1.29, 1.82) is 0 Å². The van der Waals surface area contributed by atoms with Gasteiger partial charge in [-0.25, -0.2) is 4.90 Å². The van der Waals surface area contributed by atoms with Gasteiger partial charge in [-0.05, 0) is 26.3 Å². The Bertz CT molecular complexity index is 563. The van der Waals surface area contributed by atoms with E-state index in [9.17, 15) is 9.59 Å². The van der Waals surface area contributed by atoms with Crippen molar-refractivity contribution in [3.63, 3.8) is 0 Å². The van der Waals surface area contributed by atoms with E-state index in [1.54, 1.807) is 25.7 Å². The number of nitrogens with zero attached hydrogens (tertiary/aromatic N) is 1. The molecule has 1 aromatic rings. The van der Waals surface area contributed by atoms with Crippen molar-refractivity contribution in [3.05, 3.63) is 35.9 Å². The smallest absolute Gasteiger partial charge is 0.324 e. The van der Waals surface area contributed by atoms with E-state index in [1.807, 2.05) is 30.3 Å². The van der Waals surface area contributed by atoms with E-state index in [0.717, 1.165) is 5.56 Å². The normalized spacial score (nSPS) is 16.9. The maximum Gasteiger partial charge on any atom is 0.324 e. The van der Waals surface area contributed by atoms with E-state index in [2.05, 4.69) is 0 Å². The predicted octanol–water partition coefficient (Wildman–Crippen LogP) is 2.05. The zero-order chi connectivity index (χ0) is 18.3. The average molecular weight is 351 g/mol. The molecular weight excluding hydrogens is 326 g/mol. The fourth-order valence-corrected chi connectivity index (χ4v) is 2.27. The van der Waals surface area contributed by atoms with Gasteiger partial charge in [0.15, 0.2) is 0 Å². The highest BCUT2D eigenvalue weighted by molar-refractivity contribution is 5.83. The predicted molar refractivity (Wildman–Crippen MR) is 89.1 cm³/mol. The van der Waals surface area contributed by atoms with Crippen LogP contribution in [0.2, 0.25) is 0 Å². The first-order valence-electron chi connectivity index (χ1n) is 8.17. The molecule has 1 fully saturated rings. The first-order chi connectivity index (χ1) is 11.8. The first kappa shape index (κ1) is 19.4. The van der Waals surface area contributed by atoms with E-state index in [4.69, 9.17) is 18.9 Å². The minimum Gasteiger partial charge on any atom is -0.461 e. The summed E-state index contributed by atoms with van der Waals surface area (Å²) in [5.74, 6) is -0.983. The SMILES string of the molecule is CC(C)(C)OC(=O)[C@H](CC(=O)OCc1ccccc1)N1COCOC1. The van der Waals surface area contributed by atoms with E-state index >= 15 is 0 Å². The molecule has 0 saturated carbocycles. The van der Waals surface area contributed by atoms with Gasteiger partial charge in [0.25, 0.3) is 0 Å². The summed E-state index contributed by atoms with van der Waals surface area (Å²) in [5.41, 5.74) is 0.232. The number of ether oxygens (including phenoxy) is 4. The van der Waals surface area contributed by atoms with Crippen molar-refractivity contribution in [2.75, 3.05) is 20.3 Å². The van der Waals surface area contributed by atoms with Crippen molar-refractivity contribution in [3.8, 4) is 0 Å². The number of carbonyl (C=O) groups is 2. The van der Waals surface area contributed by atoms with Crippen LogP contribution < -0.4 is 0 Å². The monoisotopic (exact) mass is 351 g/mol. The lowest BCUT2D eigenvalue weighted by Gasteiger charge is -2.33. The molecule has 1 heterocycles. The topological polar surface area (TPSA) is 74.3 Å². The van der Waals surface area contributed by atoms with E-state index in [-0.39, 0.29) is 33.3 Å². The summed E-state index contributed by atoms with van der Waals surface area (Å²) in [4.78, 5) is 26.3. The molecule has 1 atom stereocenters. The third-order valence-corrected chi connectivity index (χ3v) is 3.40. The van der Waals surface area contributed by atoms with Crippen LogP contribution in [0.1, 0.15) is 32.8 Å². The van der Waals surface area contributed by atoms with Crippen LogP contribution in [0.25, 0.3) is 0 Å². The third-order valence-electron chi connectivity index (χ3n) is 3.40. The van der Waals surface area contributed by atoms with Gasteiger partial charge in [-0.2, -0.15) is 0 Å². The molecule has 0 bridgehead atoms. The second-order valence-corrected chi connectivity index (χ2v) is 6.77. The minimum atomic E-state index is -0.817. The van der Waals surface area contributed by atoms with Crippen molar-refractivity contribution in [1.82, 2.24) is 4.90 Å². The van der Waals surface area contributed by atoms with Gasteiger partial charge in [-0.1, -0.05) is 30.3 Å². The van der Waals surface area contributed by atoms with Crippen LogP contribution in [-0.4, -0.2) is 48.7 Å². The second kappa shape index (κ2) is 8.94. The third kappa shape index (κ3) is 6.81. The molecule has 7 nitrogen and oxygen atoms in total. The molecule has 7 heteroatoms.